The second-order valence-corrected chi connectivity index (χ2v) is 12.1. The third-order valence-electron chi connectivity index (χ3n) is 8.74. The predicted molar refractivity (Wildman–Crippen MR) is 162 cm³/mol. The van der Waals surface area contributed by atoms with Crippen LogP contribution in [0.4, 0.5) is 11.4 Å². The number of fused-ring (bicyclic) bond motifs is 6. The molecule has 0 spiro atoms. The van der Waals surface area contributed by atoms with Crippen molar-refractivity contribution in [2.75, 3.05) is 5.32 Å². The molecule has 2 heteroatoms. The van der Waals surface area contributed by atoms with Crippen molar-refractivity contribution in [2.45, 2.75) is 38.5 Å². The molecule has 2 aliphatic rings. The Labute approximate surface area is 230 Å². The Morgan fingerprint density at radius 2 is 1.00 bits per heavy atom. The van der Waals surface area contributed by atoms with E-state index in [1.165, 1.54) is 44.5 Å². The quantitative estimate of drug-likeness (QED) is 0.254. The third kappa shape index (κ3) is 3.32. The zero-order chi connectivity index (χ0) is 26.2. The number of hydrogen-bond acceptors (Lipinski definition) is 1. The molecule has 0 heterocycles. The molecule has 0 radical (unpaired) electrons. The van der Waals surface area contributed by atoms with E-state index in [-0.39, 0.29) is 10.8 Å². The van der Waals surface area contributed by atoms with Gasteiger partial charge in [0.15, 0.2) is 0 Å². The number of benzene rings is 5. The van der Waals surface area contributed by atoms with Crippen LogP contribution >= 0.6 is 11.6 Å². The van der Waals surface area contributed by atoms with Gasteiger partial charge >= 0.3 is 0 Å². The van der Waals surface area contributed by atoms with Gasteiger partial charge in [0.25, 0.3) is 0 Å². The average molecular weight is 512 g/mol. The van der Waals surface area contributed by atoms with E-state index in [1.807, 2.05) is 0 Å². The summed E-state index contributed by atoms with van der Waals surface area (Å²) in [5.41, 5.74) is 15.0. The average Bonchev–Trinajstić information content (AvgIpc) is 3.28. The molecular weight excluding hydrogens is 482 g/mol. The summed E-state index contributed by atoms with van der Waals surface area (Å²) in [5, 5.41) is 4.41. The van der Waals surface area contributed by atoms with Crippen LogP contribution in [-0.2, 0) is 10.8 Å². The van der Waals surface area contributed by atoms with Crippen molar-refractivity contribution in [2.24, 2.45) is 0 Å². The minimum atomic E-state index is -0.0479. The topological polar surface area (TPSA) is 12.0 Å². The first-order chi connectivity index (χ1) is 18.2. The number of nitrogens with one attached hydrogen (secondary N) is 1. The monoisotopic (exact) mass is 511 g/mol. The van der Waals surface area contributed by atoms with E-state index in [4.69, 9.17) is 11.6 Å². The molecule has 0 amide bonds. The van der Waals surface area contributed by atoms with Crippen molar-refractivity contribution in [3.05, 3.63) is 130 Å². The number of halogens is 1. The lowest BCUT2D eigenvalue weighted by Gasteiger charge is -2.22. The minimum Gasteiger partial charge on any atom is -0.356 e. The molecule has 2 aliphatic carbocycles. The summed E-state index contributed by atoms with van der Waals surface area (Å²) in [7, 11) is 0. The van der Waals surface area contributed by atoms with Crippen LogP contribution in [0.15, 0.2) is 103 Å². The van der Waals surface area contributed by atoms with Crippen LogP contribution in [0.1, 0.15) is 49.9 Å². The molecule has 186 valence electrons. The molecule has 5 aromatic rings. The summed E-state index contributed by atoms with van der Waals surface area (Å²) in [6, 6.07) is 37.2. The molecule has 38 heavy (non-hydrogen) atoms. The first-order valence-electron chi connectivity index (χ1n) is 13.3. The van der Waals surface area contributed by atoms with Crippen molar-refractivity contribution in [1.29, 1.82) is 0 Å². The molecule has 0 saturated carbocycles. The van der Waals surface area contributed by atoms with Gasteiger partial charge in [-0.3, -0.25) is 0 Å². The second-order valence-electron chi connectivity index (χ2n) is 11.7. The second kappa shape index (κ2) is 8.09. The molecule has 1 N–H and O–H groups in total. The van der Waals surface area contributed by atoms with Crippen LogP contribution in [0, 0.1) is 0 Å². The first-order valence-corrected chi connectivity index (χ1v) is 13.7. The lowest BCUT2D eigenvalue weighted by molar-refractivity contribution is 0.660. The lowest BCUT2D eigenvalue weighted by Crippen LogP contribution is -2.15. The minimum absolute atomic E-state index is 0.00870. The van der Waals surface area contributed by atoms with Crippen molar-refractivity contribution in [1.82, 2.24) is 0 Å². The highest BCUT2D eigenvalue weighted by Crippen LogP contribution is 2.51. The third-order valence-corrected chi connectivity index (χ3v) is 9.05. The Morgan fingerprint density at radius 3 is 1.66 bits per heavy atom. The lowest BCUT2D eigenvalue weighted by atomic mass is 9.81. The maximum absolute atomic E-state index is 6.88. The molecular formula is C36H30ClN. The Hall–Kier alpha value is -3.81. The van der Waals surface area contributed by atoms with Gasteiger partial charge in [0.1, 0.15) is 0 Å². The van der Waals surface area contributed by atoms with E-state index >= 15 is 0 Å². The molecule has 0 fully saturated rings. The molecule has 0 aliphatic heterocycles. The van der Waals surface area contributed by atoms with Gasteiger partial charge in [0.05, 0.1) is 0 Å². The van der Waals surface area contributed by atoms with Crippen LogP contribution < -0.4 is 5.32 Å². The van der Waals surface area contributed by atoms with Crippen molar-refractivity contribution < 1.29 is 0 Å². The smallest absolute Gasteiger partial charge is 0.0490 e. The molecule has 1 nitrogen and oxygen atoms in total. The molecule has 0 aromatic heterocycles. The fourth-order valence-electron chi connectivity index (χ4n) is 6.62. The molecule has 5 aromatic carbocycles. The van der Waals surface area contributed by atoms with Gasteiger partial charge in [-0.2, -0.15) is 0 Å². The highest BCUT2D eigenvalue weighted by atomic mass is 35.5. The van der Waals surface area contributed by atoms with Crippen molar-refractivity contribution >= 4 is 23.0 Å². The van der Waals surface area contributed by atoms with Gasteiger partial charge in [-0.1, -0.05) is 106 Å². The maximum atomic E-state index is 6.88. The zero-order valence-electron chi connectivity index (χ0n) is 22.2. The van der Waals surface area contributed by atoms with Crippen molar-refractivity contribution in [3.8, 4) is 33.4 Å². The largest absolute Gasteiger partial charge is 0.356 e. The SMILES string of the molecule is CC1(C)c2ccccc2-c2ccc(Nc3ccc(-c4cc5c(cc4Cl)-c4ccccc4C5(C)C)cc3)cc21. The number of hydrogen-bond donors (Lipinski definition) is 1. The van der Waals surface area contributed by atoms with Gasteiger partial charge in [0.2, 0.25) is 0 Å². The maximum Gasteiger partial charge on any atom is 0.0490 e. The van der Waals surface area contributed by atoms with Crippen LogP contribution in [0.5, 0.6) is 0 Å². The van der Waals surface area contributed by atoms with Crippen LogP contribution in [0.3, 0.4) is 0 Å². The molecule has 0 saturated heterocycles. The molecule has 0 bridgehead atoms. The van der Waals surface area contributed by atoms with Gasteiger partial charge in [-0.05, 0) is 86.5 Å². The number of anilines is 2. The van der Waals surface area contributed by atoms with Crippen LogP contribution in [0.2, 0.25) is 5.02 Å². The highest BCUT2D eigenvalue weighted by molar-refractivity contribution is 6.33. The fourth-order valence-corrected chi connectivity index (χ4v) is 6.90. The van der Waals surface area contributed by atoms with Gasteiger partial charge in [-0.15, -0.1) is 0 Å². The molecule has 0 unspecified atom stereocenters. The van der Waals surface area contributed by atoms with E-state index in [0.29, 0.717) is 0 Å². The van der Waals surface area contributed by atoms with E-state index in [0.717, 1.165) is 27.5 Å². The summed E-state index contributed by atoms with van der Waals surface area (Å²) < 4.78 is 0. The summed E-state index contributed by atoms with van der Waals surface area (Å²) in [6.07, 6.45) is 0. The number of rotatable bonds is 3. The standard InChI is InChI=1S/C36H30ClN/c1-35(2)30-11-7-5-9-25(30)27-18-17-24(19-32(27)35)38-23-15-13-22(14-16-23)28-20-33-29(21-34(28)37)26-10-6-8-12-31(26)36(33,3)4/h5-21,38H,1-4H3. The Morgan fingerprint density at radius 1 is 0.474 bits per heavy atom. The Balaban J connectivity index is 1.19. The van der Waals surface area contributed by atoms with Gasteiger partial charge in [0, 0.05) is 32.8 Å². The summed E-state index contributed by atoms with van der Waals surface area (Å²) in [6.45, 7) is 9.24. The molecule has 7 rings (SSSR count). The Bertz CT molecular complexity index is 1740. The predicted octanol–water partition coefficient (Wildman–Crippen LogP) is 10.4. The van der Waals surface area contributed by atoms with Crippen molar-refractivity contribution in [3.63, 3.8) is 0 Å². The zero-order valence-corrected chi connectivity index (χ0v) is 22.9. The Kier molecular flexibility index (Phi) is 4.97. The van der Waals surface area contributed by atoms with Gasteiger partial charge in [-0.25, -0.2) is 0 Å². The van der Waals surface area contributed by atoms with E-state index in [2.05, 4.69) is 136 Å². The van der Waals surface area contributed by atoms with E-state index in [9.17, 15) is 0 Å². The highest BCUT2D eigenvalue weighted by Gasteiger charge is 2.36. The van der Waals surface area contributed by atoms with Gasteiger partial charge < -0.3 is 5.32 Å². The van der Waals surface area contributed by atoms with Crippen LogP contribution in [-0.4, -0.2) is 0 Å². The summed E-state index contributed by atoms with van der Waals surface area (Å²) in [4.78, 5) is 0. The summed E-state index contributed by atoms with van der Waals surface area (Å²) in [5.74, 6) is 0. The fraction of sp³-hybridized carbons (Fsp3) is 0.167. The van der Waals surface area contributed by atoms with E-state index in [1.54, 1.807) is 0 Å². The van der Waals surface area contributed by atoms with E-state index < -0.39 is 0 Å². The normalized spacial score (nSPS) is 15.4. The molecule has 0 atom stereocenters. The first kappa shape index (κ1) is 23.3. The van der Waals surface area contributed by atoms with Crippen LogP contribution in [0.25, 0.3) is 33.4 Å². The summed E-state index contributed by atoms with van der Waals surface area (Å²) >= 11 is 6.88.